The lowest BCUT2D eigenvalue weighted by molar-refractivity contribution is -0.113. The molecule has 2 N–H and O–H groups in total. The van der Waals surface area contributed by atoms with Gasteiger partial charge >= 0.3 is 5.69 Å². The Morgan fingerprint density at radius 1 is 1.06 bits per heavy atom. The molecule has 9 nitrogen and oxygen atoms in total. The van der Waals surface area contributed by atoms with E-state index in [1.807, 2.05) is 32.9 Å². The molecule has 0 radical (unpaired) electrons. The van der Waals surface area contributed by atoms with Gasteiger partial charge in [-0.2, -0.15) is 0 Å². The molecule has 2 aromatic carbocycles. The molecule has 0 saturated heterocycles. The van der Waals surface area contributed by atoms with Crippen LogP contribution < -0.4 is 21.3 Å². The first-order chi connectivity index (χ1) is 16.5. The van der Waals surface area contributed by atoms with Crippen molar-refractivity contribution in [2.75, 3.05) is 18.2 Å². The molecular weight excluding hydrogens is 468 g/mol. The highest BCUT2D eigenvalue weighted by molar-refractivity contribution is 8.15. The zero-order valence-corrected chi connectivity index (χ0v) is 21.3. The highest BCUT2D eigenvalue weighted by atomic mass is 32.2. The second-order valence-electron chi connectivity index (χ2n) is 8.13. The predicted octanol–water partition coefficient (Wildman–Crippen LogP) is 3.17. The Morgan fingerprint density at radius 2 is 1.66 bits per heavy atom. The van der Waals surface area contributed by atoms with E-state index in [1.165, 1.54) is 14.1 Å². The number of methoxy groups -OCH3 is 1. The lowest BCUT2D eigenvalue weighted by Crippen LogP contribution is -2.39. The third kappa shape index (κ3) is 5.65. The molecule has 0 spiro atoms. The molecule has 1 amide bonds. The summed E-state index contributed by atoms with van der Waals surface area (Å²) < 4.78 is 7.01. The molecule has 0 bridgehead atoms. The molecule has 10 heteroatoms. The van der Waals surface area contributed by atoms with Gasteiger partial charge in [0.2, 0.25) is 11.8 Å². The summed E-state index contributed by atoms with van der Waals surface area (Å²) in [6.45, 7) is 5.83. The molecule has 0 unspecified atom stereocenters. The summed E-state index contributed by atoms with van der Waals surface area (Å²) in [4.78, 5) is 42.5. The quantitative estimate of drug-likeness (QED) is 0.400. The van der Waals surface area contributed by atoms with Crippen molar-refractivity contribution < 1.29 is 14.6 Å². The minimum Gasteiger partial charge on any atom is -0.497 e. The number of anilines is 1. The van der Waals surface area contributed by atoms with Crippen molar-refractivity contribution in [3.05, 3.63) is 79.5 Å². The van der Waals surface area contributed by atoms with Gasteiger partial charge in [0.25, 0.3) is 5.56 Å². The number of hydrogen-bond acceptors (Lipinski definition) is 7. The van der Waals surface area contributed by atoms with Crippen molar-refractivity contribution in [2.45, 2.75) is 20.8 Å². The Hall–Kier alpha value is -3.79. The largest absolute Gasteiger partial charge is 0.497 e. The van der Waals surface area contributed by atoms with Crippen molar-refractivity contribution in [3.63, 3.8) is 0 Å². The lowest BCUT2D eigenvalue weighted by atomic mass is 10.1. The third-order valence-electron chi connectivity index (χ3n) is 5.43. The number of benzene rings is 2. The van der Waals surface area contributed by atoms with Crippen LogP contribution in [0.5, 0.6) is 11.6 Å². The molecular formula is C25H28N4O5S. The average molecular weight is 497 g/mol. The topological polar surface area (TPSA) is 115 Å². The van der Waals surface area contributed by atoms with Gasteiger partial charge in [0.15, 0.2) is 0 Å². The number of aryl methyl sites for hydroxylation is 3. The number of carbonyl (C=O) groups is 1. The summed E-state index contributed by atoms with van der Waals surface area (Å²) in [5.74, 6) is -0.271. The molecule has 3 aromatic rings. The van der Waals surface area contributed by atoms with E-state index in [0.29, 0.717) is 11.4 Å². The molecule has 3 rings (SSSR count). The van der Waals surface area contributed by atoms with Crippen LogP contribution in [-0.2, 0) is 18.9 Å². The van der Waals surface area contributed by atoms with Crippen LogP contribution in [0.3, 0.4) is 0 Å². The number of nitrogens with one attached hydrogen (secondary N) is 1. The first-order valence-electron chi connectivity index (χ1n) is 10.8. The Bertz CT molecular complexity index is 1400. The van der Waals surface area contributed by atoms with Gasteiger partial charge in [0, 0.05) is 19.8 Å². The van der Waals surface area contributed by atoms with Crippen LogP contribution in [0.4, 0.5) is 11.4 Å². The summed E-state index contributed by atoms with van der Waals surface area (Å²) in [5, 5.41) is 13.7. The van der Waals surface area contributed by atoms with Crippen LogP contribution in [0.1, 0.15) is 22.3 Å². The highest BCUT2D eigenvalue weighted by Crippen LogP contribution is 2.26. The van der Waals surface area contributed by atoms with E-state index in [-0.39, 0.29) is 22.3 Å². The summed E-state index contributed by atoms with van der Waals surface area (Å²) >= 11 is 0.991. The van der Waals surface area contributed by atoms with Gasteiger partial charge in [-0.15, -0.1) is 0 Å². The first kappa shape index (κ1) is 25.8. The summed E-state index contributed by atoms with van der Waals surface area (Å²) in [6.07, 6.45) is 0. The van der Waals surface area contributed by atoms with E-state index in [1.54, 1.807) is 31.4 Å². The number of rotatable bonds is 6. The number of ether oxygens (including phenoxy) is 1. The molecule has 0 fully saturated rings. The zero-order chi connectivity index (χ0) is 25.9. The smallest absolute Gasteiger partial charge is 0.333 e. The van der Waals surface area contributed by atoms with E-state index in [4.69, 9.17) is 4.74 Å². The molecule has 0 aliphatic rings. The Balaban J connectivity index is 1.99. The van der Waals surface area contributed by atoms with Gasteiger partial charge in [-0.25, -0.2) is 9.79 Å². The second kappa shape index (κ2) is 10.6. The molecule has 35 heavy (non-hydrogen) atoms. The molecule has 0 atom stereocenters. The fourth-order valence-corrected chi connectivity index (χ4v) is 4.47. The first-order valence-corrected chi connectivity index (χ1v) is 11.7. The summed E-state index contributed by atoms with van der Waals surface area (Å²) in [6, 6.07) is 10.7. The standard InChI is InChI=1S/C25H28N4O5S/c1-14-11-15(2)21(16(3)12-14)27-19(30)13-35-22(26-17-7-9-18(34-6)10-8-17)20-23(31)28(4)25(33)29(5)24(20)32/h7-12,31H,13H2,1-6H3,(H,27,30). The minimum absolute atomic E-state index is 0.0762. The fraction of sp³-hybridized carbons (Fsp3) is 0.280. The van der Waals surface area contributed by atoms with Crippen LogP contribution in [0, 0.1) is 20.8 Å². The zero-order valence-electron chi connectivity index (χ0n) is 20.5. The van der Waals surface area contributed by atoms with Gasteiger partial charge in [-0.3, -0.25) is 18.7 Å². The second-order valence-corrected chi connectivity index (χ2v) is 9.09. The van der Waals surface area contributed by atoms with Gasteiger partial charge in [0.1, 0.15) is 16.4 Å². The SMILES string of the molecule is COc1ccc(N=C(SCC(=O)Nc2c(C)cc(C)cc2C)c2c(O)n(C)c(=O)n(C)c2=O)cc1. The van der Waals surface area contributed by atoms with E-state index in [0.717, 1.165) is 43.3 Å². The van der Waals surface area contributed by atoms with E-state index in [9.17, 15) is 19.5 Å². The van der Waals surface area contributed by atoms with E-state index < -0.39 is 17.1 Å². The van der Waals surface area contributed by atoms with Gasteiger partial charge in [-0.1, -0.05) is 29.5 Å². The molecule has 0 aliphatic carbocycles. The van der Waals surface area contributed by atoms with Crippen molar-refractivity contribution >= 4 is 34.1 Å². The van der Waals surface area contributed by atoms with E-state index in [2.05, 4.69) is 10.3 Å². The summed E-state index contributed by atoms with van der Waals surface area (Å²) in [5.41, 5.74) is 2.65. The average Bonchev–Trinajstić information content (AvgIpc) is 2.82. The normalized spacial score (nSPS) is 11.4. The monoisotopic (exact) mass is 496 g/mol. The molecule has 1 aromatic heterocycles. The van der Waals surface area contributed by atoms with Gasteiger partial charge in [0.05, 0.1) is 18.6 Å². The Morgan fingerprint density at radius 3 is 2.23 bits per heavy atom. The number of amides is 1. The van der Waals surface area contributed by atoms with Crippen molar-refractivity contribution in [3.8, 4) is 11.6 Å². The minimum atomic E-state index is -0.712. The maximum Gasteiger partial charge on any atom is 0.333 e. The van der Waals surface area contributed by atoms with E-state index >= 15 is 0 Å². The van der Waals surface area contributed by atoms with Crippen LogP contribution in [0.2, 0.25) is 0 Å². The Kier molecular flexibility index (Phi) is 7.85. The van der Waals surface area contributed by atoms with Gasteiger partial charge < -0.3 is 15.2 Å². The maximum absolute atomic E-state index is 12.9. The van der Waals surface area contributed by atoms with Crippen molar-refractivity contribution in [1.29, 1.82) is 0 Å². The van der Waals surface area contributed by atoms with Crippen molar-refractivity contribution in [1.82, 2.24) is 9.13 Å². The van der Waals surface area contributed by atoms with Crippen LogP contribution >= 0.6 is 11.8 Å². The summed E-state index contributed by atoms with van der Waals surface area (Å²) in [7, 11) is 4.22. The van der Waals surface area contributed by atoms with Crippen LogP contribution in [0.15, 0.2) is 51.0 Å². The van der Waals surface area contributed by atoms with Gasteiger partial charge in [-0.05, 0) is 56.2 Å². The lowest BCUT2D eigenvalue weighted by Gasteiger charge is -2.14. The number of aromatic hydroxyl groups is 1. The Labute approximate surface area is 207 Å². The predicted molar refractivity (Wildman–Crippen MR) is 140 cm³/mol. The van der Waals surface area contributed by atoms with Crippen LogP contribution in [0.25, 0.3) is 0 Å². The van der Waals surface area contributed by atoms with Crippen LogP contribution in [-0.4, -0.2) is 38.1 Å². The molecule has 0 aliphatic heterocycles. The third-order valence-corrected chi connectivity index (χ3v) is 6.41. The number of aromatic nitrogens is 2. The fourth-order valence-electron chi connectivity index (χ4n) is 3.64. The molecule has 0 saturated carbocycles. The number of aliphatic imine (C=N–C) groups is 1. The highest BCUT2D eigenvalue weighted by Gasteiger charge is 2.22. The molecule has 1 heterocycles. The van der Waals surface area contributed by atoms with Crippen molar-refractivity contribution in [2.24, 2.45) is 19.1 Å². The number of hydrogen-bond donors (Lipinski definition) is 2. The number of thioether (sulfide) groups is 1. The number of nitrogens with zero attached hydrogens (tertiary/aromatic N) is 3. The number of carbonyl (C=O) groups excluding carboxylic acids is 1. The maximum atomic E-state index is 12.9. The molecule has 184 valence electrons.